The van der Waals surface area contributed by atoms with Crippen molar-refractivity contribution < 1.29 is 19.4 Å². The molecule has 0 aliphatic carbocycles. The molecule has 116 valence electrons. The van der Waals surface area contributed by atoms with Crippen LogP contribution in [0.4, 0.5) is 4.79 Å². The van der Waals surface area contributed by atoms with Crippen LogP contribution < -0.4 is 5.32 Å². The maximum Gasteiger partial charge on any atom is 0.408 e. The van der Waals surface area contributed by atoms with Crippen molar-refractivity contribution in [1.29, 1.82) is 0 Å². The van der Waals surface area contributed by atoms with Gasteiger partial charge in [0, 0.05) is 10.9 Å². The summed E-state index contributed by atoms with van der Waals surface area (Å²) in [6, 6.07) is 6.98. The van der Waals surface area contributed by atoms with Crippen LogP contribution in [0, 0.1) is 0 Å². The molecule has 0 radical (unpaired) electrons. The molecule has 1 aromatic rings. The first kappa shape index (κ1) is 17.5. The van der Waals surface area contributed by atoms with Crippen LogP contribution >= 0.6 is 15.9 Å². The summed E-state index contributed by atoms with van der Waals surface area (Å²) >= 11 is 3.34. The minimum Gasteiger partial charge on any atom is -0.481 e. The SMILES string of the molecule is CC(C)(C)OC(=O)NC(CCC(=O)O)c1ccc(Br)cc1. The van der Waals surface area contributed by atoms with Crippen molar-refractivity contribution in [1.82, 2.24) is 5.32 Å². The van der Waals surface area contributed by atoms with Crippen molar-refractivity contribution in [3.63, 3.8) is 0 Å². The van der Waals surface area contributed by atoms with E-state index in [1.807, 2.05) is 24.3 Å². The number of halogens is 1. The number of rotatable bonds is 5. The Kier molecular flexibility index (Phi) is 6.20. The highest BCUT2D eigenvalue weighted by atomic mass is 79.9. The summed E-state index contributed by atoms with van der Waals surface area (Å²) in [4.78, 5) is 22.6. The second kappa shape index (κ2) is 7.45. The van der Waals surface area contributed by atoms with Crippen molar-refractivity contribution in [3.8, 4) is 0 Å². The lowest BCUT2D eigenvalue weighted by Gasteiger charge is -2.23. The average molecular weight is 358 g/mol. The molecule has 5 nitrogen and oxygen atoms in total. The van der Waals surface area contributed by atoms with Crippen LogP contribution in [-0.2, 0) is 9.53 Å². The van der Waals surface area contributed by atoms with Gasteiger partial charge in [0.15, 0.2) is 0 Å². The van der Waals surface area contributed by atoms with Crippen molar-refractivity contribution in [2.75, 3.05) is 0 Å². The number of aliphatic carboxylic acids is 1. The molecule has 0 saturated carbocycles. The number of carbonyl (C=O) groups is 2. The molecule has 1 unspecified atom stereocenters. The van der Waals surface area contributed by atoms with Crippen molar-refractivity contribution in [2.24, 2.45) is 0 Å². The summed E-state index contributed by atoms with van der Waals surface area (Å²) in [6.45, 7) is 5.33. The van der Waals surface area contributed by atoms with E-state index >= 15 is 0 Å². The molecule has 0 spiro atoms. The predicted molar refractivity (Wildman–Crippen MR) is 83.1 cm³/mol. The summed E-state index contributed by atoms with van der Waals surface area (Å²) in [7, 11) is 0. The smallest absolute Gasteiger partial charge is 0.408 e. The third kappa shape index (κ3) is 7.13. The first-order chi connectivity index (χ1) is 9.67. The Bertz CT molecular complexity index is 493. The minimum absolute atomic E-state index is 0.0312. The zero-order chi connectivity index (χ0) is 16.0. The number of nitrogens with one attached hydrogen (secondary N) is 1. The van der Waals surface area contributed by atoms with Crippen molar-refractivity contribution >= 4 is 28.0 Å². The van der Waals surface area contributed by atoms with Crippen molar-refractivity contribution in [2.45, 2.75) is 45.3 Å². The highest BCUT2D eigenvalue weighted by Gasteiger charge is 2.21. The number of benzene rings is 1. The molecular weight excluding hydrogens is 338 g/mol. The van der Waals surface area contributed by atoms with E-state index in [-0.39, 0.29) is 6.42 Å². The standard InChI is InChI=1S/C15H20BrNO4/c1-15(2,3)21-14(20)17-12(8-9-13(18)19)10-4-6-11(16)7-5-10/h4-7,12H,8-9H2,1-3H3,(H,17,20)(H,18,19). The van der Waals surface area contributed by atoms with Crippen LogP contribution in [0.25, 0.3) is 0 Å². The Labute approximate surface area is 132 Å². The van der Waals surface area contributed by atoms with E-state index in [1.54, 1.807) is 20.8 Å². The fourth-order valence-corrected chi connectivity index (χ4v) is 2.00. The summed E-state index contributed by atoms with van der Waals surface area (Å²) < 4.78 is 6.13. The monoisotopic (exact) mass is 357 g/mol. The van der Waals surface area contributed by atoms with Crippen LogP contribution in [0.2, 0.25) is 0 Å². The van der Waals surface area contributed by atoms with E-state index in [4.69, 9.17) is 9.84 Å². The van der Waals surface area contributed by atoms with E-state index in [0.717, 1.165) is 10.0 Å². The van der Waals surface area contributed by atoms with E-state index in [2.05, 4.69) is 21.2 Å². The fourth-order valence-electron chi connectivity index (χ4n) is 1.73. The van der Waals surface area contributed by atoms with Crippen LogP contribution in [0.15, 0.2) is 28.7 Å². The van der Waals surface area contributed by atoms with Gasteiger partial charge in [0.1, 0.15) is 5.60 Å². The number of hydrogen-bond acceptors (Lipinski definition) is 3. The molecule has 2 N–H and O–H groups in total. The highest BCUT2D eigenvalue weighted by Crippen LogP contribution is 2.21. The maximum atomic E-state index is 11.9. The Hall–Kier alpha value is -1.56. The molecule has 0 aliphatic rings. The molecule has 1 aromatic carbocycles. The molecule has 0 aliphatic heterocycles. The minimum atomic E-state index is -0.900. The van der Waals surface area contributed by atoms with Gasteiger partial charge < -0.3 is 15.2 Å². The van der Waals surface area contributed by atoms with Gasteiger partial charge >= 0.3 is 12.1 Å². The average Bonchev–Trinajstić information content (AvgIpc) is 2.33. The third-order valence-electron chi connectivity index (χ3n) is 2.61. The van der Waals surface area contributed by atoms with E-state index in [0.29, 0.717) is 6.42 Å². The Morgan fingerprint density at radius 2 is 1.86 bits per heavy atom. The Morgan fingerprint density at radius 3 is 2.33 bits per heavy atom. The van der Waals surface area contributed by atoms with Crippen LogP contribution in [0.1, 0.15) is 45.2 Å². The highest BCUT2D eigenvalue weighted by molar-refractivity contribution is 9.10. The number of carboxylic acids is 1. The first-order valence-electron chi connectivity index (χ1n) is 6.64. The van der Waals surface area contributed by atoms with Gasteiger partial charge in [-0.1, -0.05) is 28.1 Å². The molecule has 1 atom stereocenters. The number of carbonyl (C=O) groups excluding carboxylic acids is 1. The van der Waals surface area contributed by atoms with Gasteiger partial charge in [-0.2, -0.15) is 0 Å². The summed E-state index contributed by atoms with van der Waals surface area (Å²) in [5, 5.41) is 11.5. The van der Waals surface area contributed by atoms with Gasteiger partial charge in [0.2, 0.25) is 0 Å². The van der Waals surface area contributed by atoms with Crippen LogP contribution in [-0.4, -0.2) is 22.8 Å². The summed E-state index contributed by atoms with van der Waals surface area (Å²) in [5.41, 5.74) is 0.242. The van der Waals surface area contributed by atoms with Gasteiger partial charge in [0.25, 0.3) is 0 Å². The zero-order valence-corrected chi connectivity index (χ0v) is 13.9. The number of carboxylic acid groups (broad SMARTS) is 1. The molecule has 1 rings (SSSR count). The molecule has 21 heavy (non-hydrogen) atoms. The fraction of sp³-hybridized carbons (Fsp3) is 0.467. The molecular formula is C15H20BrNO4. The number of amides is 1. The van der Waals surface area contributed by atoms with Gasteiger partial charge in [-0.05, 0) is 44.9 Å². The number of ether oxygens (including phenoxy) is 1. The van der Waals surface area contributed by atoms with Gasteiger partial charge in [-0.3, -0.25) is 4.79 Å². The first-order valence-corrected chi connectivity index (χ1v) is 7.43. The lowest BCUT2D eigenvalue weighted by Crippen LogP contribution is -2.35. The van der Waals surface area contributed by atoms with E-state index in [9.17, 15) is 9.59 Å². The molecule has 1 amide bonds. The number of hydrogen-bond donors (Lipinski definition) is 2. The molecule has 0 fully saturated rings. The van der Waals surface area contributed by atoms with E-state index < -0.39 is 23.7 Å². The maximum absolute atomic E-state index is 11.9. The van der Waals surface area contributed by atoms with Crippen LogP contribution in [0.3, 0.4) is 0 Å². The second-order valence-corrected chi connectivity index (χ2v) is 6.60. The normalized spacial score (nSPS) is 12.6. The number of alkyl carbamates (subject to hydrolysis) is 1. The lowest BCUT2D eigenvalue weighted by atomic mass is 10.0. The largest absolute Gasteiger partial charge is 0.481 e. The second-order valence-electron chi connectivity index (χ2n) is 5.68. The topological polar surface area (TPSA) is 75.6 Å². The lowest BCUT2D eigenvalue weighted by molar-refractivity contribution is -0.137. The van der Waals surface area contributed by atoms with Gasteiger partial charge in [0.05, 0.1) is 6.04 Å². The Morgan fingerprint density at radius 1 is 1.29 bits per heavy atom. The molecule has 0 heterocycles. The quantitative estimate of drug-likeness (QED) is 0.838. The zero-order valence-electron chi connectivity index (χ0n) is 12.4. The molecule has 6 heteroatoms. The summed E-state index contributed by atoms with van der Waals surface area (Å²) in [5.74, 6) is -0.900. The van der Waals surface area contributed by atoms with Crippen LogP contribution in [0.5, 0.6) is 0 Å². The third-order valence-corrected chi connectivity index (χ3v) is 3.14. The van der Waals surface area contributed by atoms with E-state index in [1.165, 1.54) is 0 Å². The summed E-state index contributed by atoms with van der Waals surface area (Å²) in [6.07, 6.45) is -0.284. The van der Waals surface area contributed by atoms with Gasteiger partial charge in [-0.25, -0.2) is 4.79 Å². The van der Waals surface area contributed by atoms with Gasteiger partial charge in [-0.15, -0.1) is 0 Å². The van der Waals surface area contributed by atoms with Crippen molar-refractivity contribution in [3.05, 3.63) is 34.3 Å². The molecule has 0 bridgehead atoms. The molecule has 0 saturated heterocycles. The Balaban J connectivity index is 2.79. The predicted octanol–water partition coefficient (Wildman–Crippen LogP) is 3.88. The molecule has 0 aromatic heterocycles.